The summed E-state index contributed by atoms with van der Waals surface area (Å²) < 4.78 is 6.80. The number of imidazole rings is 1. The van der Waals surface area contributed by atoms with Crippen molar-refractivity contribution in [1.29, 1.82) is 0 Å². The molecule has 138 valence electrons. The molecule has 0 radical (unpaired) electrons. The van der Waals surface area contributed by atoms with E-state index >= 15 is 0 Å². The maximum atomic E-state index is 12.8. The lowest BCUT2D eigenvalue weighted by Gasteiger charge is -2.09. The second-order valence-electron chi connectivity index (χ2n) is 5.54. The van der Waals surface area contributed by atoms with Gasteiger partial charge in [-0.15, -0.1) is 6.58 Å². The summed E-state index contributed by atoms with van der Waals surface area (Å²) in [6.45, 7) is 3.86. The SMILES string of the molecule is C=CCNC(=O)c1nc(C(=O)Nc2cc(Cl)ccc2OC)c2ccccn12. The highest BCUT2D eigenvalue weighted by Gasteiger charge is 2.22. The van der Waals surface area contributed by atoms with Gasteiger partial charge in [0, 0.05) is 17.8 Å². The molecule has 2 amide bonds. The Morgan fingerprint density at radius 1 is 1.30 bits per heavy atom. The van der Waals surface area contributed by atoms with E-state index in [1.165, 1.54) is 7.11 Å². The van der Waals surface area contributed by atoms with Crippen LogP contribution in [0.25, 0.3) is 5.52 Å². The van der Waals surface area contributed by atoms with E-state index in [1.54, 1.807) is 53.1 Å². The smallest absolute Gasteiger partial charge is 0.287 e. The number of amides is 2. The molecule has 27 heavy (non-hydrogen) atoms. The number of methoxy groups -OCH3 is 1. The predicted octanol–water partition coefficient (Wildman–Crippen LogP) is 3.16. The summed E-state index contributed by atoms with van der Waals surface area (Å²) >= 11 is 6.00. The van der Waals surface area contributed by atoms with E-state index in [0.717, 1.165) is 0 Å². The van der Waals surface area contributed by atoms with Crippen molar-refractivity contribution in [3.63, 3.8) is 0 Å². The number of rotatable bonds is 6. The van der Waals surface area contributed by atoms with Crippen molar-refractivity contribution >= 4 is 34.6 Å². The van der Waals surface area contributed by atoms with E-state index < -0.39 is 11.8 Å². The van der Waals surface area contributed by atoms with Gasteiger partial charge in [0.15, 0.2) is 5.69 Å². The zero-order valence-electron chi connectivity index (χ0n) is 14.5. The van der Waals surface area contributed by atoms with Crippen molar-refractivity contribution in [3.8, 4) is 5.75 Å². The van der Waals surface area contributed by atoms with Crippen molar-refractivity contribution in [2.24, 2.45) is 0 Å². The van der Waals surface area contributed by atoms with Crippen LogP contribution in [0.5, 0.6) is 5.75 Å². The second kappa shape index (κ2) is 7.92. The van der Waals surface area contributed by atoms with E-state index in [4.69, 9.17) is 16.3 Å². The van der Waals surface area contributed by atoms with Gasteiger partial charge in [-0.05, 0) is 30.3 Å². The Morgan fingerprint density at radius 2 is 2.11 bits per heavy atom. The summed E-state index contributed by atoms with van der Waals surface area (Å²) in [4.78, 5) is 29.4. The molecular weight excluding hydrogens is 368 g/mol. The number of nitrogens with one attached hydrogen (secondary N) is 2. The minimum absolute atomic E-state index is 0.107. The third-order valence-corrected chi connectivity index (χ3v) is 4.02. The van der Waals surface area contributed by atoms with Crippen LogP contribution in [-0.2, 0) is 0 Å². The van der Waals surface area contributed by atoms with Gasteiger partial charge in [-0.25, -0.2) is 4.98 Å². The number of pyridine rings is 1. The molecule has 0 saturated heterocycles. The third-order valence-electron chi connectivity index (χ3n) is 3.78. The Kier molecular flexibility index (Phi) is 5.42. The van der Waals surface area contributed by atoms with Crippen LogP contribution in [0.2, 0.25) is 5.02 Å². The summed E-state index contributed by atoms with van der Waals surface area (Å²) in [5, 5.41) is 5.84. The van der Waals surface area contributed by atoms with Crippen LogP contribution in [0.4, 0.5) is 5.69 Å². The summed E-state index contributed by atoms with van der Waals surface area (Å²) in [6, 6.07) is 10.1. The lowest BCUT2D eigenvalue weighted by molar-refractivity contribution is 0.0947. The van der Waals surface area contributed by atoms with E-state index in [-0.39, 0.29) is 11.5 Å². The van der Waals surface area contributed by atoms with Gasteiger partial charge in [0.1, 0.15) is 5.75 Å². The number of hydrogen-bond donors (Lipinski definition) is 2. The summed E-state index contributed by atoms with van der Waals surface area (Å²) in [7, 11) is 1.49. The van der Waals surface area contributed by atoms with Crippen molar-refractivity contribution in [3.05, 3.63) is 71.8 Å². The Morgan fingerprint density at radius 3 is 2.85 bits per heavy atom. The number of halogens is 1. The standard InChI is InChI=1S/C19H17ClN4O3/c1-3-9-21-19(26)17-23-16(14-6-4-5-10-24(14)17)18(25)22-13-11-12(20)7-8-15(13)27-2/h3-8,10-11H,1,9H2,2H3,(H,21,26)(H,22,25). The number of fused-ring (bicyclic) bond motifs is 1. The Bertz CT molecular complexity index is 1030. The lowest BCUT2D eigenvalue weighted by atomic mass is 10.2. The number of ether oxygens (including phenoxy) is 1. The Labute approximate surface area is 160 Å². The first kappa shape index (κ1) is 18.5. The topological polar surface area (TPSA) is 84.7 Å². The highest BCUT2D eigenvalue weighted by Crippen LogP contribution is 2.28. The monoisotopic (exact) mass is 384 g/mol. The van der Waals surface area contributed by atoms with Crippen LogP contribution >= 0.6 is 11.6 Å². The van der Waals surface area contributed by atoms with E-state index in [2.05, 4.69) is 22.2 Å². The summed E-state index contributed by atoms with van der Waals surface area (Å²) in [6.07, 6.45) is 3.23. The average Bonchev–Trinajstić information content (AvgIpc) is 3.06. The number of aromatic nitrogens is 2. The van der Waals surface area contributed by atoms with Gasteiger partial charge < -0.3 is 15.4 Å². The number of benzene rings is 1. The molecule has 2 aromatic heterocycles. The van der Waals surface area contributed by atoms with Gasteiger partial charge in [0.05, 0.1) is 18.3 Å². The first-order valence-electron chi connectivity index (χ1n) is 8.06. The molecule has 3 aromatic rings. The maximum absolute atomic E-state index is 12.8. The fraction of sp³-hybridized carbons (Fsp3) is 0.105. The molecule has 0 spiro atoms. The van der Waals surface area contributed by atoms with E-state index in [0.29, 0.717) is 28.5 Å². The molecule has 3 rings (SSSR count). The van der Waals surface area contributed by atoms with Gasteiger partial charge in [-0.1, -0.05) is 23.7 Å². The molecule has 0 fully saturated rings. The van der Waals surface area contributed by atoms with Crippen LogP contribution in [-0.4, -0.2) is 34.9 Å². The molecule has 8 heteroatoms. The molecule has 0 aliphatic rings. The largest absolute Gasteiger partial charge is 0.495 e. The predicted molar refractivity (Wildman–Crippen MR) is 104 cm³/mol. The van der Waals surface area contributed by atoms with Crippen molar-refractivity contribution in [2.45, 2.75) is 0 Å². The van der Waals surface area contributed by atoms with Crippen LogP contribution < -0.4 is 15.4 Å². The number of carbonyl (C=O) groups is 2. The molecular formula is C19H17ClN4O3. The Hall–Kier alpha value is -3.32. The molecule has 0 aliphatic carbocycles. The second-order valence-corrected chi connectivity index (χ2v) is 5.97. The number of hydrogen-bond acceptors (Lipinski definition) is 4. The van der Waals surface area contributed by atoms with Gasteiger partial charge in [0.25, 0.3) is 11.8 Å². The minimum Gasteiger partial charge on any atom is -0.495 e. The normalized spacial score (nSPS) is 10.4. The fourth-order valence-electron chi connectivity index (χ4n) is 2.57. The average molecular weight is 385 g/mol. The number of carbonyl (C=O) groups excluding carboxylic acids is 2. The molecule has 0 unspecified atom stereocenters. The molecule has 0 saturated carbocycles. The van der Waals surface area contributed by atoms with Crippen molar-refractivity contribution < 1.29 is 14.3 Å². The molecule has 0 bridgehead atoms. The third kappa shape index (κ3) is 3.78. The van der Waals surface area contributed by atoms with Gasteiger partial charge in [-0.2, -0.15) is 0 Å². The Balaban J connectivity index is 1.99. The van der Waals surface area contributed by atoms with E-state index in [1.807, 2.05) is 0 Å². The van der Waals surface area contributed by atoms with Crippen LogP contribution in [0.1, 0.15) is 21.1 Å². The number of nitrogens with zero attached hydrogens (tertiary/aromatic N) is 2. The summed E-state index contributed by atoms with van der Waals surface area (Å²) in [5.74, 6) is -0.326. The van der Waals surface area contributed by atoms with Crippen LogP contribution in [0, 0.1) is 0 Å². The fourth-order valence-corrected chi connectivity index (χ4v) is 2.74. The number of anilines is 1. The first-order chi connectivity index (χ1) is 13.0. The minimum atomic E-state index is -0.484. The maximum Gasteiger partial charge on any atom is 0.287 e. The van der Waals surface area contributed by atoms with Gasteiger partial charge in [-0.3, -0.25) is 14.0 Å². The zero-order chi connectivity index (χ0) is 19.4. The van der Waals surface area contributed by atoms with Crippen LogP contribution in [0.3, 0.4) is 0 Å². The summed E-state index contributed by atoms with van der Waals surface area (Å²) in [5.41, 5.74) is 1.02. The van der Waals surface area contributed by atoms with Crippen molar-refractivity contribution in [2.75, 3.05) is 19.0 Å². The lowest BCUT2D eigenvalue weighted by Crippen LogP contribution is -2.25. The molecule has 1 aromatic carbocycles. The molecule has 0 aliphatic heterocycles. The van der Waals surface area contributed by atoms with E-state index in [9.17, 15) is 9.59 Å². The first-order valence-corrected chi connectivity index (χ1v) is 8.44. The van der Waals surface area contributed by atoms with Gasteiger partial charge >= 0.3 is 0 Å². The molecule has 2 heterocycles. The van der Waals surface area contributed by atoms with Crippen LogP contribution in [0.15, 0.2) is 55.3 Å². The highest BCUT2D eigenvalue weighted by molar-refractivity contribution is 6.31. The van der Waals surface area contributed by atoms with Crippen molar-refractivity contribution in [1.82, 2.24) is 14.7 Å². The zero-order valence-corrected chi connectivity index (χ0v) is 15.3. The molecule has 2 N–H and O–H groups in total. The molecule has 7 nitrogen and oxygen atoms in total. The quantitative estimate of drug-likeness (QED) is 0.639. The van der Waals surface area contributed by atoms with Gasteiger partial charge in [0.2, 0.25) is 5.82 Å². The highest BCUT2D eigenvalue weighted by atomic mass is 35.5. The molecule has 0 atom stereocenters.